The molecule has 1 aromatic rings. The fourth-order valence-electron chi connectivity index (χ4n) is 3.10. The fraction of sp³-hybridized carbons (Fsp3) is 0.556. The predicted molar refractivity (Wildman–Crippen MR) is 85.8 cm³/mol. The molecule has 22 heavy (non-hydrogen) atoms. The van der Waals surface area contributed by atoms with Gasteiger partial charge in [-0.1, -0.05) is 38.1 Å². The van der Waals surface area contributed by atoms with E-state index in [1.165, 1.54) is 11.1 Å². The van der Waals surface area contributed by atoms with Crippen LogP contribution >= 0.6 is 0 Å². The van der Waals surface area contributed by atoms with E-state index in [0.717, 1.165) is 12.8 Å². The van der Waals surface area contributed by atoms with Crippen molar-refractivity contribution in [3.05, 3.63) is 35.4 Å². The molecule has 0 saturated heterocycles. The SMILES string of the molecule is CCc1ccc(C(C)CC(=O)N[C@H]2CC[C@@H](C(=O)O)C2)cc1. The van der Waals surface area contributed by atoms with Gasteiger partial charge in [-0.25, -0.2) is 0 Å². The number of aryl methyl sites for hydroxylation is 1. The Morgan fingerprint density at radius 3 is 2.50 bits per heavy atom. The second-order valence-corrected chi connectivity index (χ2v) is 6.31. The molecular weight excluding hydrogens is 278 g/mol. The zero-order valence-corrected chi connectivity index (χ0v) is 13.3. The first-order valence-electron chi connectivity index (χ1n) is 8.10. The molecule has 0 bridgehead atoms. The van der Waals surface area contributed by atoms with E-state index >= 15 is 0 Å². The number of hydrogen-bond acceptors (Lipinski definition) is 2. The summed E-state index contributed by atoms with van der Waals surface area (Å²) in [6.45, 7) is 4.17. The number of benzene rings is 1. The van der Waals surface area contributed by atoms with E-state index in [9.17, 15) is 9.59 Å². The number of carboxylic acid groups (broad SMARTS) is 1. The van der Waals surface area contributed by atoms with Crippen LogP contribution in [-0.4, -0.2) is 23.0 Å². The van der Waals surface area contributed by atoms with Crippen LogP contribution in [0.5, 0.6) is 0 Å². The molecule has 1 unspecified atom stereocenters. The number of amides is 1. The topological polar surface area (TPSA) is 66.4 Å². The average molecular weight is 303 g/mol. The molecule has 2 N–H and O–H groups in total. The van der Waals surface area contributed by atoms with Crippen LogP contribution in [0.3, 0.4) is 0 Å². The van der Waals surface area contributed by atoms with Gasteiger partial charge in [0.25, 0.3) is 0 Å². The van der Waals surface area contributed by atoms with Crippen LogP contribution in [0.2, 0.25) is 0 Å². The van der Waals surface area contributed by atoms with Gasteiger partial charge in [0.05, 0.1) is 5.92 Å². The van der Waals surface area contributed by atoms with E-state index in [1.54, 1.807) is 0 Å². The number of rotatable bonds is 6. The maximum absolute atomic E-state index is 12.1. The zero-order valence-electron chi connectivity index (χ0n) is 13.3. The van der Waals surface area contributed by atoms with Crippen LogP contribution in [0.1, 0.15) is 56.6 Å². The van der Waals surface area contributed by atoms with Crippen molar-refractivity contribution in [2.75, 3.05) is 0 Å². The van der Waals surface area contributed by atoms with Crippen LogP contribution in [0.15, 0.2) is 24.3 Å². The van der Waals surface area contributed by atoms with Crippen molar-refractivity contribution in [2.24, 2.45) is 5.92 Å². The first-order chi connectivity index (χ1) is 10.5. The summed E-state index contributed by atoms with van der Waals surface area (Å²) in [7, 11) is 0. The molecule has 0 radical (unpaired) electrons. The Labute approximate surface area is 131 Å². The summed E-state index contributed by atoms with van der Waals surface area (Å²) in [5.41, 5.74) is 2.47. The predicted octanol–water partition coefficient (Wildman–Crippen LogP) is 3.11. The molecule has 4 heteroatoms. The molecule has 3 atom stereocenters. The van der Waals surface area contributed by atoms with Gasteiger partial charge in [0.15, 0.2) is 0 Å². The van der Waals surface area contributed by atoms with Crippen molar-refractivity contribution in [1.29, 1.82) is 0 Å². The Hall–Kier alpha value is -1.84. The number of nitrogens with one attached hydrogen (secondary N) is 1. The van der Waals surface area contributed by atoms with Crippen molar-refractivity contribution in [3.63, 3.8) is 0 Å². The van der Waals surface area contributed by atoms with E-state index in [1.807, 2.05) is 0 Å². The van der Waals surface area contributed by atoms with Crippen LogP contribution < -0.4 is 5.32 Å². The van der Waals surface area contributed by atoms with Gasteiger partial charge in [-0.15, -0.1) is 0 Å². The van der Waals surface area contributed by atoms with Crippen molar-refractivity contribution in [3.8, 4) is 0 Å². The molecular formula is C18H25NO3. The number of aliphatic carboxylic acids is 1. The molecule has 2 rings (SSSR count). The second-order valence-electron chi connectivity index (χ2n) is 6.31. The quantitative estimate of drug-likeness (QED) is 0.848. The number of carboxylic acids is 1. The van der Waals surface area contributed by atoms with Crippen LogP contribution in [-0.2, 0) is 16.0 Å². The minimum atomic E-state index is -0.749. The Bertz CT molecular complexity index is 524. The second kappa shape index (κ2) is 7.43. The summed E-state index contributed by atoms with van der Waals surface area (Å²) in [5.74, 6) is -0.865. The maximum Gasteiger partial charge on any atom is 0.306 e. The molecule has 1 aliphatic rings. The summed E-state index contributed by atoms with van der Waals surface area (Å²) >= 11 is 0. The highest BCUT2D eigenvalue weighted by Gasteiger charge is 2.30. The molecule has 0 aromatic heterocycles. The van der Waals surface area contributed by atoms with E-state index < -0.39 is 5.97 Å². The summed E-state index contributed by atoms with van der Waals surface area (Å²) < 4.78 is 0. The van der Waals surface area contributed by atoms with Gasteiger partial charge in [0.2, 0.25) is 5.91 Å². The number of carbonyl (C=O) groups is 2. The fourth-order valence-corrected chi connectivity index (χ4v) is 3.10. The molecule has 1 aromatic carbocycles. The molecule has 1 saturated carbocycles. The number of carbonyl (C=O) groups excluding carboxylic acids is 1. The van der Waals surface area contributed by atoms with E-state index in [0.29, 0.717) is 19.3 Å². The van der Waals surface area contributed by atoms with Crippen molar-refractivity contribution < 1.29 is 14.7 Å². The molecule has 0 aliphatic heterocycles. The molecule has 4 nitrogen and oxygen atoms in total. The highest BCUT2D eigenvalue weighted by Crippen LogP contribution is 2.26. The minimum absolute atomic E-state index is 0.0168. The smallest absolute Gasteiger partial charge is 0.306 e. The summed E-state index contributed by atoms with van der Waals surface area (Å²) in [6.07, 6.45) is 3.44. The molecule has 1 amide bonds. The third-order valence-corrected chi connectivity index (χ3v) is 4.60. The van der Waals surface area contributed by atoms with Gasteiger partial charge in [0, 0.05) is 12.5 Å². The monoisotopic (exact) mass is 303 g/mol. The largest absolute Gasteiger partial charge is 0.481 e. The highest BCUT2D eigenvalue weighted by molar-refractivity contribution is 5.77. The van der Waals surface area contributed by atoms with Crippen LogP contribution in [0.25, 0.3) is 0 Å². The third-order valence-electron chi connectivity index (χ3n) is 4.60. The van der Waals surface area contributed by atoms with Crippen molar-refractivity contribution >= 4 is 11.9 Å². The first-order valence-corrected chi connectivity index (χ1v) is 8.10. The molecule has 120 valence electrons. The normalized spacial score (nSPS) is 22.3. The Morgan fingerprint density at radius 2 is 1.95 bits per heavy atom. The standard InChI is InChI=1S/C18H25NO3/c1-3-13-4-6-14(7-5-13)12(2)10-17(20)19-16-9-8-15(11-16)18(21)22/h4-7,12,15-16H,3,8-11H2,1-2H3,(H,19,20)(H,21,22)/t12?,15-,16+/m1/s1. The molecule has 0 heterocycles. The van der Waals surface area contributed by atoms with Gasteiger partial charge in [0.1, 0.15) is 0 Å². The minimum Gasteiger partial charge on any atom is -0.481 e. The Morgan fingerprint density at radius 1 is 1.27 bits per heavy atom. The summed E-state index contributed by atoms with van der Waals surface area (Å²) in [6, 6.07) is 8.42. The summed E-state index contributed by atoms with van der Waals surface area (Å²) in [4.78, 5) is 23.1. The lowest BCUT2D eigenvalue weighted by Crippen LogP contribution is -2.33. The number of hydrogen-bond donors (Lipinski definition) is 2. The first kappa shape index (κ1) is 16.5. The Kier molecular flexibility index (Phi) is 5.58. The summed E-state index contributed by atoms with van der Waals surface area (Å²) in [5, 5.41) is 12.0. The van der Waals surface area contributed by atoms with Gasteiger partial charge in [-0.3, -0.25) is 9.59 Å². The maximum atomic E-state index is 12.1. The van der Waals surface area contributed by atoms with Gasteiger partial charge >= 0.3 is 5.97 Å². The zero-order chi connectivity index (χ0) is 16.1. The van der Waals surface area contributed by atoms with Crippen LogP contribution in [0.4, 0.5) is 0 Å². The third kappa shape index (κ3) is 4.33. The van der Waals surface area contributed by atoms with E-state index in [4.69, 9.17) is 5.11 Å². The highest BCUT2D eigenvalue weighted by atomic mass is 16.4. The average Bonchev–Trinajstić information content (AvgIpc) is 2.95. The molecule has 0 spiro atoms. The van der Waals surface area contributed by atoms with Crippen molar-refractivity contribution in [2.45, 2.75) is 57.9 Å². The van der Waals surface area contributed by atoms with Gasteiger partial charge in [-0.2, -0.15) is 0 Å². The van der Waals surface area contributed by atoms with E-state index in [-0.39, 0.29) is 23.8 Å². The van der Waals surface area contributed by atoms with Crippen LogP contribution in [0, 0.1) is 5.92 Å². The molecule has 1 aliphatic carbocycles. The van der Waals surface area contributed by atoms with Gasteiger partial charge in [-0.05, 0) is 42.7 Å². The Balaban J connectivity index is 1.82. The lowest BCUT2D eigenvalue weighted by Gasteiger charge is -2.16. The molecule has 1 fully saturated rings. The van der Waals surface area contributed by atoms with Crippen molar-refractivity contribution in [1.82, 2.24) is 5.32 Å². The van der Waals surface area contributed by atoms with Gasteiger partial charge < -0.3 is 10.4 Å². The lowest BCUT2D eigenvalue weighted by molar-refractivity contribution is -0.141. The van der Waals surface area contributed by atoms with E-state index in [2.05, 4.69) is 43.4 Å². The lowest BCUT2D eigenvalue weighted by atomic mass is 9.96.